The highest BCUT2D eigenvalue weighted by Crippen LogP contribution is 2.36. The molecule has 0 unspecified atom stereocenters. The summed E-state index contributed by atoms with van der Waals surface area (Å²) in [7, 11) is 3.33. The molecule has 0 saturated carbocycles. The van der Waals surface area contributed by atoms with Gasteiger partial charge in [0.1, 0.15) is 0 Å². The summed E-state index contributed by atoms with van der Waals surface area (Å²) in [5.74, 6) is 1.60. The van der Waals surface area contributed by atoms with E-state index in [4.69, 9.17) is 9.47 Å². The zero-order valence-electron chi connectivity index (χ0n) is 9.69. The van der Waals surface area contributed by atoms with Crippen molar-refractivity contribution in [3.63, 3.8) is 0 Å². The summed E-state index contributed by atoms with van der Waals surface area (Å²) in [4.78, 5) is 0. The van der Waals surface area contributed by atoms with E-state index in [0.29, 0.717) is 0 Å². The van der Waals surface area contributed by atoms with E-state index in [1.165, 1.54) is 5.57 Å². The van der Waals surface area contributed by atoms with Crippen molar-refractivity contribution in [2.24, 2.45) is 0 Å². The molecule has 0 N–H and O–H groups in total. The highest BCUT2D eigenvalue weighted by Gasteiger charge is 2.14. The summed E-state index contributed by atoms with van der Waals surface area (Å²) in [6.07, 6.45) is 3.13. The van der Waals surface area contributed by atoms with Crippen LogP contribution in [0.25, 0.3) is 5.57 Å². The fourth-order valence-corrected chi connectivity index (χ4v) is 1.95. The Bertz CT molecular complexity index is 399. The standard InChI is InChI=1S/C13H16NO2/c1-15-12-5-3-4-11(13(12)16-2)10-6-8-14-9-7-10/h3-6H,7-9H2,1-2H3. The maximum Gasteiger partial charge on any atom is 0.168 e. The number of benzene rings is 1. The molecule has 3 heteroatoms. The van der Waals surface area contributed by atoms with Gasteiger partial charge < -0.3 is 9.47 Å². The molecule has 1 aliphatic rings. The van der Waals surface area contributed by atoms with Crippen LogP contribution >= 0.6 is 0 Å². The molecular weight excluding hydrogens is 202 g/mol. The van der Waals surface area contributed by atoms with Gasteiger partial charge in [0.15, 0.2) is 11.5 Å². The SMILES string of the molecule is COc1cccc(C2=CC[N]CC2)c1OC. The van der Waals surface area contributed by atoms with Gasteiger partial charge in [-0.15, -0.1) is 0 Å². The molecule has 2 rings (SSSR count). The zero-order chi connectivity index (χ0) is 11.4. The molecule has 1 radical (unpaired) electrons. The topological polar surface area (TPSA) is 32.6 Å². The average molecular weight is 218 g/mol. The van der Waals surface area contributed by atoms with Crippen molar-refractivity contribution in [2.45, 2.75) is 6.42 Å². The molecule has 16 heavy (non-hydrogen) atoms. The predicted molar refractivity (Wildman–Crippen MR) is 64.0 cm³/mol. The van der Waals surface area contributed by atoms with Gasteiger partial charge in [-0.3, -0.25) is 0 Å². The molecule has 0 atom stereocenters. The van der Waals surface area contributed by atoms with Crippen LogP contribution in [0.3, 0.4) is 0 Å². The first-order valence-electron chi connectivity index (χ1n) is 5.40. The Balaban J connectivity index is 2.42. The lowest BCUT2D eigenvalue weighted by atomic mass is 9.99. The van der Waals surface area contributed by atoms with Crippen molar-refractivity contribution in [2.75, 3.05) is 27.3 Å². The number of methoxy groups -OCH3 is 2. The third-order valence-corrected chi connectivity index (χ3v) is 2.75. The van der Waals surface area contributed by atoms with Crippen molar-refractivity contribution in [3.8, 4) is 11.5 Å². The van der Waals surface area contributed by atoms with Gasteiger partial charge in [-0.05, 0) is 18.1 Å². The number of nitrogens with zero attached hydrogens (tertiary/aromatic N) is 1. The first-order valence-corrected chi connectivity index (χ1v) is 5.40. The molecule has 1 heterocycles. The molecule has 0 amide bonds. The minimum absolute atomic E-state index is 0.781. The normalized spacial score (nSPS) is 15.5. The summed E-state index contributed by atoms with van der Waals surface area (Å²) < 4.78 is 10.7. The third-order valence-electron chi connectivity index (χ3n) is 2.75. The molecular formula is C13H16NO2. The number of rotatable bonds is 3. The fraction of sp³-hybridized carbons (Fsp3) is 0.385. The molecule has 3 nitrogen and oxygen atoms in total. The van der Waals surface area contributed by atoms with E-state index in [1.807, 2.05) is 12.1 Å². The van der Waals surface area contributed by atoms with E-state index in [9.17, 15) is 0 Å². The van der Waals surface area contributed by atoms with Gasteiger partial charge in [-0.1, -0.05) is 18.2 Å². The lowest BCUT2D eigenvalue weighted by molar-refractivity contribution is 0.354. The molecule has 0 bridgehead atoms. The predicted octanol–water partition coefficient (Wildman–Crippen LogP) is 2.10. The van der Waals surface area contributed by atoms with Gasteiger partial charge >= 0.3 is 0 Å². The molecule has 0 aliphatic carbocycles. The lowest BCUT2D eigenvalue weighted by Crippen LogP contribution is -2.13. The Morgan fingerprint density at radius 2 is 2.06 bits per heavy atom. The van der Waals surface area contributed by atoms with Crippen molar-refractivity contribution < 1.29 is 9.47 Å². The van der Waals surface area contributed by atoms with Crippen LogP contribution in [0.5, 0.6) is 11.5 Å². The average Bonchev–Trinajstić information content (AvgIpc) is 2.38. The molecule has 1 aliphatic heterocycles. The van der Waals surface area contributed by atoms with Gasteiger partial charge in [0.25, 0.3) is 0 Å². The van der Waals surface area contributed by atoms with Gasteiger partial charge in [-0.2, -0.15) is 0 Å². The van der Waals surface area contributed by atoms with Crippen LogP contribution in [0.15, 0.2) is 24.3 Å². The summed E-state index contributed by atoms with van der Waals surface area (Å²) >= 11 is 0. The van der Waals surface area contributed by atoms with E-state index in [-0.39, 0.29) is 0 Å². The molecule has 1 aromatic carbocycles. The van der Waals surface area contributed by atoms with Gasteiger partial charge in [-0.25, -0.2) is 5.32 Å². The minimum atomic E-state index is 0.781. The Morgan fingerprint density at radius 3 is 2.69 bits per heavy atom. The monoisotopic (exact) mass is 218 g/mol. The summed E-state index contributed by atoms with van der Waals surface area (Å²) in [5.41, 5.74) is 2.42. The smallest absolute Gasteiger partial charge is 0.168 e. The van der Waals surface area contributed by atoms with Crippen molar-refractivity contribution >= 4 is 5.57 Å². The van der Waals surface area contributed by atoms with E-state index >= 15 is 0 Å². The van der Waals surface area contributed by atoms with Gasteiger partial charge in [0.05, 0.1) is 14.2 Å². The Kier molecular flexibility index (Phi) is 3.47. The second-order valence-corrected chi connectivity index (χ2v) is 3.65. The van der Waals surface area contributed by atoms with Gasteiger partial charge in [0, 0.05) is 18.7 Å². The van der Waals surface area contributed by atoms with Crippen molar-refractivity contribution in [1.29, 1.82) is 0 Å². The maximum atomic E-state index is 5.42. The number of para-hydroxylation sites is 1. The van der Waals surface area contributed by atoms with E-state index < -0.39 is 0 Å². The second kappa shape index (κ2) is 5.03. The van der Waals surface area contributed by atoms with Crippen LogP contribution in [0, 0.1) is 0 Å². The van der Waals surface area contributed by atoms with Crippen molar-refractivity contribution in [1.82, 2.24) is 5.32 Å². The van der Waals surface area contributed by atoms with Crippen LogP contribution < -0.4 is 14.8 Å². The molecule has 85 valence electrons. The quantitative estimate of drug-likeness (QED) is 0.778. The van der Waals surface area contributed by atoms with Crippen LogP contribution in [-0.4, -0.2) is 27.3 Å². The van der Waals surface area contributed by atoms with Crippen LogP contribution in [0.4, 0.5) is 0 Å². The fourth-order valence-electron chi connectivity index (χ4n) is 1.95. The number of ether oxygens (including phenoxy) is 2. The number of hydrogen-bond acceptors (Lipinski definition) is 2. The Hall–Kier alpha value is -1.48. The van der Waals surface area contributed by atoms with E-state index in [1.54, 1.807) is 14.2 Å². The Morgan fingerprint density at radius 1 is 1.19 bits per heavy atom. The summed E-state index contributed by atoms with van der Waals surface area (Å²) in [6, 6.07) is 5.97. The largest absolute Gasteiger partial charge is 0.493 e. The molecule has 0 fully saturated rings. The number of hydrogen-bond donors (Lipinski definition) is 0. The van der Waals surface area contributed by atoms with Crippen LogP contribution in [-0.2, 0) is 0 Å². The molecule has 1 aromatic rings. The first kappa shape index (κ1) is 11.0. The van der Waals surface area contributed by atoms with Crippen LogP contribution in [0.2, 0.25) is 0 Å². The van der Waals surface area contributed by atoms with E-state index in [2.05, 4.69) is 17.5 Å². The molecule has 0 aromatic heterocycles. The second-order valence-electron chi connectivity index (χ2n) is 3.65. The van der Waals surface area contributed by atoms with Gasteiger partial charge in [0.2, 0.25) is 0 Å². The summed E-state index contributed by atoms with van der Waals surface area (Å²) in [6.45, 7) is 1.70. The zero-order valence-corrected chi connectivity index (χ0v) is 9.69. The summed E-state index contributed by atoms with van der Waals surface area (Å²) in [5, 5.41) is 4.30. The highest BCUT2D eigenvalue weighted by atomic mass is 16.5. The van der Waals surface area contributed by atoms with E-state index in [0.717, 1.165) is 36.6 Å². The molecule has 0 spiro atoms. The third kappa shape index (κ3) is 2.04. The highest BCUT2D eigenvalue weighted by molar-refractivity contribution is 5.73. The van der Waals surface area contributed by atoms with Crippen LogP contribution in [0.1, 0.15) is 12.0 Å². The Labute approximate surface area is 96.1 Å². The lowest BCUT2D eigenvalue weighted by Gasteiger charge is -2.17. The minimum Gasteiger partial charge on any atom is -0.493 e. The van der Waals surface area contributed by atoms with Crippen molar-refractivity contribution in [3.05, 3.63) is 29.8 Å². The maximum absolute atomic E-state index is 5.42. The first-order chi connectivity index (χ1) is 7.86. The molecule has 0 saturated heterocycles.